The average molecular weight is 387 g/mol. The van der Waals surface area contributed by atoms with Crippen molar-refractivity contribution >= 4 is 17.5 Å². The van der Waals surface area contributed by atoms with Crippen LogP contribution in [0.25, 0.3) is 11.1 Å². The summed E-state index contributed by atoms with van der Waals surface area (Å²) in [6.07, 6.45) is 5.69. The number of halogens is 1. The highest BCUT2D eigenvalue weighted by atomic mass is 19.1. The van der Waals surface area contributed by atoms with Crippen LogP contribution in [0.3, 0.4) is 0 Å². The lowest BCUT2D eigenvalue weighted by Crippen LogP contribution is -2.22. The fourth-order valence-corrected chi connectivity index (χ4v) is 4.13. The molecule has 29 heavy (non-hydrogen) atoms. The zero-order valence-corrected chi connectivity index (χ0v) is 16.5. The van der Waals surface area contributed by atoms with Crippen molar-refractivity contribution in [1.82, 2.24) is 14.9 Å². The van der Waals surface area contributed by atoms with Gasteiger partial charge < -0.3 is 9.80 Å². The topological polar surface area (TPSA) is 56.1 Å². The lowest BCUT2D eigenvalue weighted by molar-refractivity contribution is 0.619. The fourth-order valence-electron chi connectivity index (χ4n) is 4.13. The number of anilines is 2. The summed E-state index contributed by atoms with van der Waals surface area (Å²) in [6.45, 7) is 0.847. The van der Waals surface area contributed by atoms with Crippen LogP contribution in [-0.2, 0) is 5.41 Å². The highest BCUT2D eigenvalue weighted by Gasteiger charge is 2.52. The number of nitrogens with one attached hydrogen (secondary N) is 1. The molecule has 0 unspecified atom stereocenters. The molecule has 3 aromatic rings. The second kappa shape index (κ2) is 6.37. The number of hydrogen-bond donors (Lipinski definition) is 1. The van der Waals surface area contributed by atoms with Crippen molar-refractivity contribution in [3.05, 3.63) is 71.8 Å². The first kappa shape index (κ1) is 17.8. The van der Waals surface area contributed by atoms with Crippen LogP contribution in [0.2, 0.25) is 0 Å². The van der Waals surface area contributed by atoms with Crippen LogP contribution in [0.15, 0.2) is 54.9 Å². The summed E-state index contributed by atoms with van der Waals surface area (Å²) in [5, 5.41) is 8.32. The third-order valence-corrected chi connectivity index (χ3v) is 5.96. The number of hydrogen-bond acceptors (Lipinski definition) is 4. The minimum atomic E-state index is -0.279. The first-order chi connectivity index (χ1) is 14.0. The molecule has 1 spiro atoms. The number of benzene rings is 2. The molecule has 0 atom stereocenters. The maximum Gasteiger partial charge on any atom is 0.229 e. The molecule has 1 fully saturated rings. The Morgan fingerprint density at radius 2 is 1.83 bits per heavy atom. The molecule has 1 aliphatic heterocycles. The van der Waals surface area contributed by atoms with E-state index in [1.807, 2.05) is 20.2 Å². The van der Waals surface area contributed by atoms with Gasteiger partial charge in [-0.15, -0.1) is 0 Å². The van der Waals surface area contributed by atoms with E-state index in [2.05, 4.69) is 27.0 Å². The minimum Gasteiger partial charge on any atom is -0.363 e. The number of aromatic nitrogens is 2. The van der Waals surface area contributed by atoms with Crippen LogP contribution in [0.5, 0.6) is 0 Å². The molecule has 1 saturated carbocycles. The van der Waals surface area contributed by atoms with Crippen LogP contribution < -0.4 is 4.90 Å². The Balaban J connectivity index is 1.52. The third kappa shape index (κ3) is 2.87. The minimum absolute atomic E-state index is 0.182. The summed E-state index contributed by atoms with van der Waals surface area (Å²) in [7, 11) is 3.75. The third-order valence-electron chi connectivity index (χ3n) is 5.96. The molecule has 1 aliphatic carbocycles. The van der Waals surface area contributed by atoms with Crippen molar-refractivity contribution in [1.29, 1.82) is 5.41 Å². The number of fused-ring (bicyclic) bond motifs is 2. The van der Waals surface area contributed by atoms with Crippen LogP contribution in [0.4, 0.5) is 16.0 Å². The molecular weight excluding hydrogens is 365 g/mol. The number of nitrogens with zero attached hydrogens (tertiary/aromatic N) is 4. The maximum atomic E-state index is 14.1. The summed E-state index contributed by atoms with van der Waals surface area (Å²) >= 11 is 0. The van der Waals surface area contributed by atoms with E-state index in [0.29, 0.717) is 22.9 Å². The summed E-state index contributed by atoms with van der Waals surface area (Å²) < 4.78 is 14.1. The molecule has 0 saturated heterocycles. The van der Waals surface area contributed by atoms with Crippen molar-refractivity contribution in [2.75, 3.05) is 25.5 Å². The molecule has 0 bridgehead atoms. The fraction of sp³-hybridized carbons (Fsp3) is 0.261. The Morgan fingerprint density at radius 1 is 1.10 bits per heavy atom. The molecule has 6 heteroatoms. The van der Waals surface area contributed by atoms with Gasteiger partial charge >= 0.3 is 0 Å². The predicted octanol–water partition coefficient (Wildman–Crippen LogP) is 4.35. The molecule has 2 aliphatic rings. The van der Waals surface area contributed by atoms with E-state index in [1.165, 1.54) is 11.6 Å². The van der Waals surface area contributed by atoms with E-state index in [1.54, 1.807) is 35.5 Å². The van der Waals surface area contributed by atoms with Gasteiger partial charge in [0.05, 0.1) is 0 Å². The van der Waals surface area contributed by atoms with Crippen molar-refractivity contribution < 1.29 is 4.39 Å². The van der Waals surface area contributed by atoms with Crippen LogP contribution in [-0.4, -0.2) is 41.3 Å². The van der Waals surface area contributed by atoms with Gasteiger partial charge in [0, 0.05) is 60.8 Å². The lowest BCUT2D eigenvalue weighted by atomic mass is 9.97. The first-order valence-electron chi connectivity index (χ1n) is 9.74. The quantitative estimate of drug-likeness (QED) is 0.536. The van der Waals surface area contributed by atoms with Gasteiger partial charge in [-0.1, -0.05) is 30.3 Å². The average Bonchev–Trinajstić information content (AvgIpc) is 3.44. The predicted molar refractivity (Wildman–Crippen MR) is 112 cm³/mol. The van der Waals surface area contributed by atoms with Gasteiger partial charge in [-0.25, -0.2) is 14.4 Å². The standard InChI is InChI=1S/C23H22FN5/c1-28(2)21(25)15-7-8-18-20(11-15)29(14-23(18)9-10-23)22-26-12-16(13-27-22)17-5-3-4-6-19(17)24/h3-8,11-13,25H,9-10,14H2,1-2H3. The highest BCUT2D eigenvalue weighted by Crippen LogP contribution is 2.57. The van der Waals surface area contributed by atoms with E-state index >= 15 is 0 Å². The van der Waals surface area contributed by atoms with E-state index in [4.69, 9.17) is 5.41 Å². The summed E-state index contributed by atoms with van der Waals surface area (Å²) in [6, 6.07) is 12.9. The van der Waals surface area contributed by atoms with Gasteiger partial charge in [0.15, 0.2) is 0 Å². The maximum absolute atomic E-state index is 14.1. The molecule has 1 N–H and O–H groups in total. The van der Waals surface area contributed by atoms with E-state index in [9.17, 15) is 4.39 Å². The summed E-state index contributed by atoms with van der Waals surface area (Å²) in [5.74, 6) is 0.808. The SMILES string of the molecule is CN(C)C(=N)c1ccc2c(c1)N(c1ncc(-c3ccccc3F)cn1)CC21CC1. The van der Waals surface area contributed by atoms with Gasteiger partial charge in [0.25, 0.3) is 0 Å². The molecule has 146 valence electrons. The van der Waals surface area contributed by atoms with E-state index in [-0.39, 0.29) is 11.2 Å². The van der Waals surface area contributed by atoms with Gasteiger partial charge in [-0.2, -0.15) is 0 Å². The highest BCUT2D eigenvalue weighted by molar-refractivity contribution is 5.97. The Kier molecular flexibility index (Phi) is 3.91. The molecule has 1 aromatic heterocycles. The second-order valence-corrected chi connectivity index (χ2v) is 8.09. The molecular formula is C23H22FN5. The van der Waals surface area contributed by atoms with Crippen molar-refractivity contribution in [2.24, 2.45) is 0 Å². The molecule has 2 aromatic carbocycles. The molecule has 5 rings (SSSR count). The number of amidine groups is 1. The van der Waals surface area contributed by atoms with Gasteiger partial charge in [0.2, 0.25) is 5.95 Å². The van der Waals surface area contributed by atoms with Gasteiger partial charge in [-0.05, 0) is 30.5 Å². The summed E-state index contributed by atoms with van der Waals surface area (Å²) in [5.41, 5.74) is 4.61. The second-order valence-electron chi connectivity index (χ2n) is 8.09. The Hall–Kier alpha value is -3.28. The van der Waals surface area contributed by atoms with Crippen LogP contribution in [0.1, 0.15) is 24.0 Å². The Bertz CT molecular complexity index is 1100. The van der Waals surface area contributed by atoms with Crippen LogP contribution >= 0.6 is 0 Å². The zero-order valence-electron chi connectivity index (χ0n) is 16.5. The Morgan fingerprint density at radius 3 is 2.48 bits per heavy atom. The van der Waals surface area contributed by atoms with Crippen molar-refractivity contribution in [3.63, 3.8) is 0 Å². The Labute approximate surface area is 169 Å². The van der Waals surface area contributed by atoms with Gasteiger partial charge in [0.1, 0.15) is 11.7 Å². The van der Waals surface area contributed by atoms with Gasteiger partial charge in [-0.3, -0.25) is 5.41 Å². The molecule has 2 heterocycles. The normalized spacial score (nSPS) is 16.0. The largest absolute Gasteiger partial charge is 0.363 e. The van der Waals surface area contributed by atoms with Crippen molar-refractivity contribution in [2.45, 2.75) is 18.3 Å². The first-order valence-corrected chi connectivity index (χ1v) is 9.74. The van der Waals surface area contributed by atoms with Crippen LogP contribution in [0, 0.1) is 11.2 Å². The lowest BCUT2D eigenvalue weighted by Gasteiger charge is -2.19. The van der Waals surface area contributed by atoms with Crippen molar-refractivity contribution in [3.8, 4) is 11.1 Å². The zero-order chi connectivity index (χ0) is 20.2. The van der Waals surface area contributed by atoms with E-state index < -0.39 is 0 Å². The summed E-state index contributed by atoms with van der Waals surface area (Å²) in [4.78, 5) is 13.1. The number of rotatable bonds is 3. The molecule has 5 nitrogen and oxygen atoms in total. The molecule has 0 amide bonds. The smallest absolute Gasteiger partial charge is 0.229 e. The molecule has 0 radical (unpaired) electrons. The van der Waals surface area contributed by atoms with E-state index in [0.717, 1.165) is 30.6 Å². The monoisotopic (exact) mass is 387 g/mol.